The highest BCUT2D eigenvalue weighted by atomic mass is 19.1. The maximum Gasteiger partial charge on any atom is 0.291 e. The molecule has 1 unspecified atom stereocenters. The number of halogens is 1. The van der Waals surface area contributed by atoms with Crippen LogP contribution in [0.5, 0.6) is 0 Å². The number of aliphatic hydroxyl groups is 1. The zero-order chi connectivity index (χ0) is 13.0. The van der Waals surface area contributed by atoms with Gasteiger partial charge < -0.3 is 14.8 Å². The van der Waals surface area contributed by atoms with Crippen LogP contribution in [0.4, 0.5) is 10.1 Å². The molecule has 1 heterocycles. The summed E-state index contributed by atoms with van der Waals surface area (Å²) >= 11 is 0. The Morgan fingerprint density at radius 1 is 1.33 bits per heavy atom. The number of aliphatic hydroxyl groups excluding tert-OH is 1. The third-order valence-corrected chi connectivity index (χ3v) is 2.27. The van der Waals surface area contributed by atoms with E-state index in [1.807, 2.05) is 0 Å². The van der Waals surface area contributed by atoms with E-state index in [1.165, 1.54) is 12.3 Å². The summed E-state index contributed by atoms with van der Waals surface area (Å²) in [5.74, 6) is -0.278. The van der Waals surface area contributed by atoms with Crippen molar-refractivity contribution < 1.29 is 18.7 Å². The molecule has 2 rings (SSSR count). The topological polar surface area (TPSA) is 62.5 Å². The number of carbonyl (C=O) groups is 1. The number of para-hydroxylation sites is 1. The third-order valence-electron chi connectivity index (χ3n) is 2.27. The van der Waals surface area contributed by atoms with Crippen LogP contribution < -0.4 is 5.32 Å². The van der Waals surface area contributed by atoms with Gasteiger partial charge >= 0.3 is 0 Å². The van der Waals surface area contributed by atoms with Crippen molar-refractivity contribution >= 4 is 11.6 Å². The van der Waals surface area contributed by atoms with Crippen molar-refractivity contribution in [1.82, 2.24) is 0 Å². The van der Waals surface area contributed by atoms with Gasteiger partial charge in [0.25, 0.3) is 5.91 Å². The molecule has 0 saturated heterocycles. The van der Waals surface area contributed by atoms with Crippen LogP contribution in [0, 0.1) is 6.42 Å². The maximum absolute atomic E-state index is 12.5. The molecular formula is C13H11FNO3. The number of rotatable bonds is 4. The van der Waals surface area contributed by atoms with Crippen molar-refractivity contribution in [1.29, 1.82) is 0 Å². The Labute approximate surface area is 103 Å². The minimum Gasteiger partial charge on any atom is -0.459 e. The van der Waals surface area contributed by atoms with E-state index < -0.39 is 12.3 Å². The van der Waals surface area contributed by atoms with Crippen LogP contribution in [-0.4, -0.2) is 17.4 Å². The molecule has 2 N–H and O–H groups in total. The molecule has 0 spiro atoms. The SMILES string of the molecule is O=C(Nc1ccccc1[CH]C(O)F)c1ccco1. The van der Waals surface area contributed by atoms with Gasteiger partial charge in [0, 0.05) is 5.69 Å². The molecule has 4 nitrogen and oxygen atoms in total. The second-order valence-electron chi connectivity index (χ2n) is 3.56. The second-order valence-corrected chi connectivity index (χ2v) is 3.56. The fraction of sp³-hybridized carbons (Fsp3) is 0.0769. The van der Waals surface area contributed by atoms with Crippen LogP contribution in [0.2, 0.25) is 0 Å². The van der Waals surface area contributed by atoms with Crippen LogP contribution in [0.1, 0.15) is 16.1 Å². The van der Waals surface area contributed by atoms with Gasteiger partial charge in [-0.1, -0.05) is 18.2 Å². The normalized spacial score (nSPS) is 12.1. The molecular weight excluding hydrogens is 237 g/mol. The summed E-state index contributed by atoms with van der Waals surface area (Å²) in [6, 6.07) is 9.68. The van der Waals surface area contributed by atoms with E-state index in [-0.39, 0.29) is 5.76 Å². The summed E-state index contributed by atoms with van der Waals surface area (Å²) in [5, 5.41) is 11.3. The van der Waals surface area contributed by atoms with E-state index in [4.69, 9.17) is 9.52 Å². The highest BCUT2D eigenvalue weighted by Crippen LogP contribution is 2.19. The van der Waals surface area contributed by atoms with Gasteiger partial charge in [0.05, 0.1) is 12.7 Å². The van der Waals surface area contributed by atoms with Gasteiger partial charge in [0.2, 0.25) is 6.36 Å². The zero-order valence-electron chi connectivity index (χ0n) is 9.34. The summed E-state index contributed by atoms with van der Waals surface area (Å²) in [5.41, 5.74) is 0.794. The van der Waals surface area contributed by atoms with Crippen molar-refractivity contribution in [2.45, 2.75) is 6.36 Å². The Kier molecular flexibility index (Phi) is 3.74. The first-order valence-corrected chi connectivity index (χ1v) is 5.28. The summed E-state index contributed by atoms with van der Waals surface area (Å²) in [6.07, 6.45) is 0.308. The van der Waals surface area contributed by atoms with Crippen molar-refractivity contribution in [3.8, 4) is 0 Å². The Morgan fingerprint density at radius 2 is 2.11 bits per heavy atom. The van der Waals surface area contributed by atoms with Crippen LogP contribution in [0.3, 0.4) is 0 Å². The molecule has 1 aromatic heterocycles. The van der Waals surface area contributed by atoms with Crippen molar-refractivity contribution in [3.63, 3.8) is 0 Å². The number of hydrogen-bond donors (Lipinski definition) is 2. The molecule has 0 aliphatic carbocycles. The van der Waals surface area contributed by atoms with Gasteiger partial charge in [0.15, 0.2) is 5.76 Å². The molecule has 93 valence electrons. The number of carbonyl (C=O) groups excluding carboxylic acids is 1. The van der Waals surface area contributed by atoms with E-state index in [0.29, 0.717) is 11.3 Å². The molecule has 1 atom stereocenters. The molecule has 0 aliphatic rings. The van der Waals surface area contributed by atoms with Gasteiger partial charge in [-0.3, -0.25) is 4.79 Å². The number of furan rings is 1. The van der Waals surface area contributed by atoms with Gasteiger partial charge in [0.1, 0.15) is 0 Å². The first kappa shape index (κ1) is 12.3. The lowest BCUT2D eigenvalue weighted by Gasteiger charge is -2.09. The standard InChI is InChI=1S/C13H11FNO3/c14-12(16)8-9-4-1-2-5-10(9)15-13(17)11-6-3-7-18-11/h1-8,12,16H,(H,15,17). The molecule has 0 fully saturated rings. The highest BCUT2D eigenvalue weighted by molar-refractivity contribution is 6.02. The molecule has 1 aromatic carbocycles. The molecule has 0 saturated carbocycles. The van der Waals surface area contributed by atoms with Crippen molar-refractivity contribution in [3.05, 3.63) is 60.4 Å². The Morgan fingerprint density at radius 3 is 2.78 bits per heavy atom. The smallest absolute Gasteiger partial charge is 0.291 e. The largest absolute Gasteiger partial charge is 0.459 e. The average molecular weight is 248 g/mol. The first-order valence-electron chi connectivity index (χ1n) is 5.28. The quantitative estimate of drug-likeness (QED) is 0.873. The third kappa shape index (κ3) is 2.95. The predicted octanol–water partition coefficient (Wildman–Crippen LogP) is 2.37. The lowest BCUT2D eigenvalue weighted by molar-refractivity contribution is 0.0759. The number of anilines is 1. The summed E-state index contributed by atoms with van der Waals surface area (Å²) < 4.78 is 17.5. The Bertz CT molecular complexity index is 523. The minimum absolute atomic E-state index is 0.158. The van der Waals surface area contributed by atoms with Gasteiger partial charge in [-0.25, -0.2) is 4.39 Å². The Balaban J connectivity index is 2.16. The number of nitrogens with one attached hydrogen (secondary N) is 1. The van der Waals surface area contributed by atoms with E-state index in [2.05, 4.69) is 5.32 Å². The lowest BCUT2D eigenvalue weighted by atomic mass is 10.1. The number of amides is 1. The molecule has 1 amide bonds. The van der Waals surface area contributed by atoms with Crippen molar-refractivity contribution in [2.75, 3.05) is 5.32 Å². The molecule has 0 bridgehead atoms. The maximum atomic E-state index is 12.5. The monoisotopic (exact) mass is 248 g/mol. The molecule has 18 heavy (non-hydrogen) atoms. The average Bonchev–Trinajstić information content (AvgIpc) is 2.84. The molecule has 0 aliphatic heterocycles. The van der Waals surface area contributed by atoms with E-state index in [9.17, 15) is 9.18 Å². The molecule has 2 aromatic rings. The predicted molar refractivity (Wildman–Crippen MR) is 63.6 cm³/mol. The molecule has 1 radical (unpaired) electrons. The number of alkyl halides is 1. The van der Waals surface area contributed by atoms with E-state index >= 15 is 0 Å². The van der Waals surface area contributed by atoms with Crippen molar-refractivity contribution in [2.24, 2.45) is 0 Å². The van der Waals surface area contributed by atoms with Gasteiger partial charge in [-0.2, -0.15) is 0 Å². The van der Waals surface area contributed by atoms with Crippen LogP contribution in [-0.2, 0) is 0 Å². The zero-order valence-corrected chi connectivity index (χ0v) is 9.34. The fourth-order valence-electron chi connectivity index (χ4n) is 1.50. The van der Waals surface area contributed by atoms with E-state index in [0.717, 1.165) is 6.42 Å². The van der Waals surface area contributed by atoms with Crippen LogP contribution in [0.25, 0.3) is 0 Å². The fourth-order valence-corrected chi connectivity index (χ4v) is 1.50. The first-order chi connectivity index (χ1) is 8.66. The van der Waals surface area contributed by atoms with Crippen LogP contribution >= 0.6 is 0 Å². The van der Waals surface area contributed by atoms with Gasteiger partial charge in [-0.05, 0) is 23.8 Å². The Hall–Kier alpha value is -2.14. The second kappa shape index (κ2) is 5.46. The highest BCUT2D eigenvalue weighted by Gasteiger charge is 2.13. The summed E-state index contributed by atoms with van der Waals surface area (Å²) in [7, 11) is 0. The number of benzene rings is 1. The number of hydrogen-bond acceptors (Lipinski definition) is 3. The van der Waals surface area contributed by atoms with Crippen LogP contribution in [0.15, 0.2) is 47.1 Å². The minimum atomic E-state index is -2.08. The summed E-state index contributed by atoms with van der Waals surface area (Å²) in [4.78, 5) is 11.7. The van der Waals surface area contributed by atoms with Gasteiger partial charge in [-0.15, -0.1) is 0 Å². The van der Waals surface area contributed by atoms with E-state index in [1.54, 1.807) is 30.3 Å². The lowest BCUT2D eigenvalue weighted by Crippen LogP contribution is -2.13. The molecule has 5 heteroatoms. The summed E-state index contributed by atoms with van der Waals surface area (Å²) in [6.45, 7) is 0.